The third-order valence-electron chi connectivity index (χ3n) is 4.62. The van der Waals surface area contributed by atoms with E-state index in [0.29, 0.717) is 34.6 Å². The van der Waals surface area contributed by atoms with E-state index in [0.717, 1.165) is 12.8 Å². The minimum absolute atomic E-state index is 0.0571. The average molecular weight is 394 g/mol. The molecule has 1 aliphatic rings. The van der Waals surface area contributed by atoms with Crippen molar-refractivity contribution in [3.63, 3.8) is 0 Å². The van der Waals surface area contributed by atoms with Gasteiger partial charge < -0.3 is 9.84 Å². The molecule has 0 atom stereocenters. The molecule has 4 rings (SSSR count). The van der Waals surface area contributed by atoms with Gasteiger partial charge in [-0.1, -0.05) is 12.1 Å². The van der Waals surface area contributed by atoms with Crippen LogP contribution in [0, 0.1) is 0 Å². The van der Waals surface area contributed by atoms with E-state index >= 15 is 0 Å². The topological polar surface area (TPSA) is 97.0 Å². The van der Waals surface area contributed by atoms with E-state index < -0.39 is 11.6 Å². The zero-order valence-corrected chi connectivity index (χ0v) is 16.5. The number of benzene rings is 1. The highest BCUT2D eigenvalue weighted by Gasteiger charge is 2.36. The van der Waals surface area contributed by atoms with Gasteiger partial charge in [0.05, 0.1) is 17.5 Å². The van der Waals surface area contributed by atoms with Crippen LogP contribution in [-0.4, -0.2) is 43.7 Å². The van der Waals surface area contributed by atoms with Gasteiger partial charge >= 0.3 is 6.09 Å². The second kappa shape index (κ2) is 6.88. The first-order valence-corrected chi connectivity index (χ1v) is 9.42. The molecule has 8 nitrogen and oxygen atoms in total. The monoisotopic (exact) mass is 394 g/mol. The lowest BCUT2D eigenvalue weighted by Crippen LogP contribution is -2.47. The normalized spacial score (nSPS) is 14.0. The standard InChI is InChI=1S/C21H22N4O4/c1-21(2,3)24(20(28)29-16-7-8-16)18-10-17(13-5-4-6-15(27)9-13)23-19-14(12-26)11-22-25(18)19/h4-6,9-12,16,27H,7-8H2,1-3H3. The highest BCUT2D eigenvalue weighted by molar-refractivity contribution is 5.91. The van der Waals surface area contributed by atoms with Gasteiger partial charge in [-0.3, -0.25) is 9.69 Å². The molecule has 8 heteroatoms. The predicted octanol–water partition coefficient (Wildman–Crippen LogP) is 3.82. The molecule has 1 amide bonds. The Morgan fingerprint density at radius 2 is 2.07 bits per heavy atom. The van der Waals surface area contributed by atoms with E-state index in [2.05, 4.69) is 10.1 Å². The van der Waals surface area contributed by atoms with Crippen molar-refractivity contribution < 1.29 is 19.4 Å². The first-order chi connectivity index (χ1) is 13.8. The summed E-state index contributed by atoms with van der Waals surface area (Å²) in [6.45, 7) is 5.68. The number of ether oxygens (including phenoxy) is 1. The number of hydrogen-bond donors (Lipinski definition) is 1. The van der Waals surface area contributed by atoms with Crippen molar-refractivity contribution in [3.05, 3.63) is 42.1 Å². The maximum Gasteiger partial charge on any atom is 0.416 e. The molecule has 150 valence electrons. The molecule has 1 aliphatic carbocycles. The second-order valence-electron chi connectivity index (χ2n) is 8.09. The third kappa shape index (κ3) is 3.65. The number of phenolic OH excluding ortho intramolecular Hbond substituents is 1. The van der Waals surface area contributed by atoms with Crippen LogP contribution in [0.15, 0.2) is 36.5 Å². The molecule has 1 aromatic carbocycles. The third-order valence-corrected chi connectivity index (χ3v) is 4.62. The molecular formula is C21H22N4O4. The lowest BCUT2D eigenvalue weighted by Gasteiger charge is -2.34. The largest absolute Gasteiger partial charge is 0.508 e. The lowest BCUT2D eigenvalue weighted by molar-refractivity contribution is 0.112. The number of aromatic nitrogens is 3. The summed E-state index contributed by atoms with van der Waals surface area (Å²) in [6, 6.07) is 8.35. The molecule has 1 N–H and O–H groups in total. The smallest absolute Gasteiger partial charge is 0.416 e. The van der Waals surface area contributed by atoms with Crippen LogP contribution in [-0.2, 0) is 4.74 Å². The SMILES string of the molecule is CC(C)(C)N(C(=O)OC1CC1)c1cc(-c2cccc(O)c2)nc2c(C=O)cnn12. The predicted molar refractivity (Wildman–Crippen MR) is 107 cm³/mol. The summed E-state index contributed by atoms with van der Waals surface area (Å²) in [4.78, 5) is 30.6. The molecule has 2 heterocycles. The van der Waals surface area contributed by atoms with Gasteiger partial charge in [-0.25, -0.2) is 9.78 Å². The molecule has 1 saturated carbocycles. The van der Waals surface area contributed by atoms with Gasteiger partial charge in [-0.05, 0) is 45.7 Å². The van der Waals surface area contributed by atoms with Crippen molar-refractivity contribution in [2.45, 2.75) is 45.3 Å². The van der Waals surface area contributed by atoms with Crippen LogP contribution in [0.5, 0.6) is 5.75 Å². The first-order valence-electron chi connectivity index (χ1n) is 9.42. The molecule has 0 radical (unpaired) electrons. The van der Waals surface area contributed by atoms with Crippen molar-refractivity contribution >= 4 is 23.8 Å². The number of nitrogens with zero attached hydrogens (tertiary/aromatic N) is 4. The van der Waals surface area contributed by atoms with Crippen LogP contribution in [0.4, 0.5) is 10.6 Å². The Labute approximate surface area is 167 Å². The molecule has 0 bridgehead atoms. The van der Waals surface area contributed by atoms with E-state index in [1.54, 1.807) is 30.3 Å². The van der Waals surface area contributed by atoms with Crippen molar-refractivity contribution in [3.8, 4) is 17.0 Å². The summed E-state index contributed by atoms with van der Waals surface area (Å²) in [6.07, 6.45) is 3.28. The number of aromatic hydroxyl groups is 1. The molecule has 1 fully saturated rings. The van der Waals surface area contributed by atoms with Crippen molar-refractivity contribution in [1.82, 2.24) is 14.6 Å². The van der Waals surface area contributed by atoms with Crippen LogP contribution in [0.1, 0.15) is 44.0 Å². The first kappa shape index (κ1) is 18.9. The number of aldehydes is 1. The Balaban J connectivity index is 1.94. The zero-order valence-electron chi connectivity index (χ0n) is 16.5. The highest BCUT2D eigenvalue weighted by Crippen LogP contribution is 2.33. The van der Waals surface area contributed by atoms with E-state index in [1.165, 1.54) is 15.6 Å². The molecule has 0 aliphatic heterocycles. The summed E-state index contributed by atoms with van der Waals surface area (Å²) in [5.74, 6) is 0.523. The van der Waals surface area contributed by atoms with Crippen molar-refractivity contribution in [1.29, 1.82) is 0 Å². The van der Waals surface area contributed by atoms with E-state index in [9.17, 15) is 14.7 Å². The maximum absolute atomic E-state index is 13.0. The Morgan fingerprint density at radius 1 is 1.31 bits per heavy atom. The molecule has 29 heavy (non-hydrogen) atoms. The second-order valence-corrected chi connectivity index (χ2v) is 8.09. The summed E-state index contributed by atoms with van der Waals surface area (Å²) >= 11 is 0. The van der Waals surface area contributed by atoms with Gasteiger partial charge in [0.15, 0.2) is 11.9 Å². The Bertz CT molecular complexity index is 1100. The summed E-state index contributed by atoms with van der Waals surface area (Å²) in [5.41, 5.74) is 1.16. The molecular weight excluding hydrogens is 372 g/mol. The lowest BCUT2D eigenvalue weighted by atomic mass is 10.1. The minimum atomic E-state index is -0.621. The molecule has 3 aromatic rings. The number of carbonyl (C=O) groups excluding carboxylic acids is 2. The zero-order chi connectivity index (χ0) is 20.8. The fraction of sp³-hybridized carbons (Fsp3) is 0.333. The van der Waals surface area contributed by atoms with E-state index in [-0.39, 0.29) is 11.9 Å². The van der Waals surface area contributed by atoms with E-state index in [4.69, 9.17) is 4.74 Å². The van der Waals surface area contributed by atoms with Crippen molar-refractivity contribution in [2.75, 3.05) is 4.90 Å². The number of phenols is 1. The number of amides is 1. The van der Waals surface area contributed by atoms with Gasteiger partial charge in [0.25, 0.3) is 0 Å². The fourth-order valence-electron chi connectivity index (χ4n) is 3.11. The summed E-state index contributed by atoms with van der Waals surface area (Å²) in [7, 11) is 0. The Morgan fingerprint density at radius 3 is 2.69 bits per heavy atom. The summed E-state index contributed by atoms with van der Waals surface area (Å²) in [5, 5.41) is 14.1. The van der Waals surface area contributed by atoms with Crippen LogP contribution in [0.3, 0.4) is 0 Å². The van der Waals surface area contributed by atoms with Gasteiger partial charge in [0.2, 0.25) is 0 Å². The molecule has 0 spiro atoms. The summed E-state index contributed by atoms with van der Waals surface area (Å²) < 4.78 is 7.03. The average Bonchev–Trinajstić information content (AvgIpc) is 3.36. The maximum atomic E-state index is 13.0. The molecule has 0 unspecified atom stereocenters. The Hall–Kier alpha value is -3.42. The molecule has 2 aromatic heterocycles. The fourth-order valence-corrected chi connectivity index (χ4v) is 3.11. The number of hydrogen-bond acceptors (Lipinski definition) is 6. The van der Waals surface area contributed by atoms with Gasteiger partial charge in [0, 0.05) is 17.2 Å². The van der Waals surface area contributed by atoms with Crippen LogP contribution in [0.2, 0.25) is 0 Å². The van der Waals surface area contributed by atoms with Crippen LogP contribution < -0.4 is 4.90 Å². The van der Waals surface area contributed by atoms with Crippen LogP contribution >= 0.6 is 0 Å². The van der Waals surface area contributed by atoms with Gasteiger partial charge in [0.1, 0.15) is 17.7 Å². The van der Waals surface area contributed by atoms with Gasteiger partial charge in [-0.15, -0.1) is 0 Å². The highest BCUT2D eigenvalue weighted by atomic mass is 16.6. The minimum Gasteiger partial charge on any atom is -0.508 e. The number of anilines is 1. The quantitative estimate of drug-likeness (QED) is 0.676. The van der Waals surface area contributed by atoms with Gasteiger partial charge in [-0.2, -0.15) is 9.61 Å². The molecule has 0 saturated heterocycles. The van der Waals surface area contributed by atoms with Crippen molar-refractivity contribution in [2.24, 2.45) is 0 Å². The number of rotatable bonds is 4. The van der Waals surface area contributed by atoms with Crippen LogP contribution in [0.25, 0.3) is 16.9 Å². The Kier molecular flexibility index (Phi) is 4.49. The number of carbonyl (C=O) groups is 2. The number of fused-ring (bicyclic) bond motifs is 1. The van der Waals surface area contributed by atoms with E-state index in [1.807, 2.05) is 20.8 Å².